The molecule has 0 unspecified atom stereocenters. The lowest BCUT2D eigenvalue weighted by Gasteiger charge is -2.31. The van der Waals surface area contributed by atoms with Gasteiger partial charge in [0.2, 0.25) is 10.0 Å². The van der Waals surface area contributed by atoms with Gasteiger partial charge in [-0.1, -0.05) is 36.4 Å². The van der Waals surface area contributed by atoms with Gasteiger partial charge >= 0.3 is 0 Å². The van der Waals surface area contributed by atoms with Crippen LogP contribution in [0.3, 0.4) is 0 Å². The third-order valence-electron chi connectivity index (χ3n) is 4.40. The van der Waals surface area contributed by atoms with Gasteiger partial charge in [-0.05, 0) is 42.2 Å². The lowest BCUT2D eigenvalue weighted by Crippen LogP contribution is -2.44. The molecule has 2 aromatic carbocycles. The number of fused-ring (bicyclic) bond motifs is 1. The molecule has 0 saturated carbocycles. The van der Waals surface area contributed by atoms with Crippen LogP contribution in [0.15, 0.2) is 58.4 Å². The largest absolute Gasteiger partial charge is 0.356 e. The van der Waals surface area contributed by atoms with Gasteiger partial charge in [0, 0.05) is 19.6 Å². The van der Waals surface area contributed by atoms with Crippen molar-refractivity contribution in [2.75, 3.05) is 13.1 Å². The number of guanidine groups is 1. The number of nitrogens with zero attached hydrogens (tertiary/aromatic N) is 2. The second-order valence-electron chi connectivity index (χ2n) is 6.30. The Bertz CT molecular complexity index is 909. The summed E-state index contributed by atoms with van der Waals surface area (Å²) < 4.78 is 23.0. The van der Waals surface area contributed by atoms with Gasteiger partial charge in [-0.2, -0.15) is 0 Å². The maximum atomic E-state index is 11.5. The van der Waals surface area contributed by atoms with Crippen LogP contribution in [0.25, 0.3) is 0 Å². The van der Waals surface area contributed by atoms with Gasteiger partial charge in [0.05, 0.1) is 11.4 Å². The van der Waals surface area contributed by atoms with Crippen LogP contribution in [0.5, 0.6) is 0 Å². The molecular weight excluding hydrogens is 348 g/mol. The van der Waals surface area contributed by atoms with Crippen molar-refractivity contribution in [2.24, 2.45) is 10.1 Å². The molecule has 1 heterocycles. The van der Waals surface area contributed by atoms with Crippen molar-refractivity contribution in [3.8, 4) is 0 Å². The van der Waals surface area contributed by atoms with Gasteiger partial charge in [0.25, 0.3) is 0 Å². The summed E-state index contributed by atoms with van der Waals surface area (Å²) >= 11 is 0. The molecule has 0 amide bonds. The first-order chi connectivity index (χ1) is 12.5. The van der Waals surface area contributed by atoms with E-state index in [1.807, 2.05) is 13.0 Å². The fraction of sp³-hybridized carbons (Fsp3) is 0.316. The molecule has 3 N–H and O–H groups in total. The molecular formula is C19H24N4O2S. The average molecular weight is 372 g/mol. The smallest absolute Gasteiger partial charge is 0.238 e. The predicted octanol–water partition coefficient (Wildman–Crippen LogP) is 1.86. The number of nitrogens with one attached hydrogen (secondary N) is 1. The van der Waals surface area contributed by atoms with Gasteiger partial charge in [-0.25, -0.2) is 18.5 Å². The molecule has 0 spiro atoms. The molecule has 1 aliphatic heterocycles. The number of benzene rings is 2. The molecule has 0 atom stereocenters. The molecule has 0 aromatic heterocycles. The van der Waals surface area contributed by atoms with E-state index in [2.05, 4.69) is 34.5 Å². The molecule has 2 aromatic rings. The van der Waals surface area contributed by atoms with Crippen LogP contribution < -0.4 is 10.5 Å². The Morgan fingerprint density at radius 1 is 1.19 bits per heavy atom. The molecule has 0 fully saturated rings. The molecule has 6 nitrogen and oxygen atoms in total. The van der Waals surface area contributed by atoms with E-state index in [1.54, 1.807) is 12.1 Å². The quantitative estimate of drug-likeness (QED) is 0.633. The maximum Gasteiger partial charge on any atom is 0.238 e. The van der Waals surface area contributed by atoms with Crippen LogP contribution >= 0.6 is 0 Å². The van der Waals surface area contributed by atoms with E-state index in [1.165, 1.54) is 17.2 Å². The summed E-state index contributed by atoms with van der Waals surface area (Å²) in [5.41, 5.74) is 3.52. The highest BCUT2D eigenvalue weighted by atomic mass is 32.2. The highest BCUT2D eigenvalue weighted by molar-refractivity contribution is 7.89. The van der Waals surface area contributed by atoms with Crippen molar-refractivity contribution >= 4 is 16.0 Å². The van der Waals surface area contributed by atoms with Crippen LogP contribution in [-0.4, -0.2) is 32.4 Å². The van der Waals surface area contributed by atoms with E-state index in [0.717, 1.165) is 37.6 Å². The van der Waals surface area contributed by atoms with Gasteiger partial charge < -0.3 is 10.2 Å². The van der Waals surface area contributed by atoms with Crippen molar-refractivity contribution in [1.29, 1.82) is 0 Å². The van der Waals surface area contributed by atoms with Crippen LogP contribution in [0.1, 0.15) is 23.6 Å². The lowest BCUT2D eigenvalue weighted by atomic mass is 10.0. The number of primary sulfonamides is 1. The summed E-state index contributed by atoms with van der Waals surface area (Å²) in [6.45, 7) is 4.92. The topological polar surface area (TPSA) is 87.8 Å². The Kier molecular flexibility index (Phi) is 5.58. The van der Waals surface area contributed by atoms with Crippen molar-refractivity contribution in [1.82, 2.24) is 10.2 Å². The fourth-order valence-electron chi connectivity index (χ4n) is 3.09. The van der Waals surface area contributed by atoms with Gasteiger partial charge in [-0.15, -0.1) is 0 Å². The fourth-order valence-corrected chi connectivity index (χ4v) is 3.67. The number of nitrogens with two attached hydrogens (primary N) is 1. The van der Waals surface area contributed by atoms with Crippen molar-refractivity contribution in [3.05, 3.63) is 65.2 Å². The average Bonchev–Trinajstić information content (AvgIpc) is 2.64. The molecule has 3 rings (SSSR count). The summed E-state index contributed by atoms with van der Waals surface area (Å²) in [5, 5.41) is 8.54. The second-order valence-corrected chi connectivity index (χ2v) is 7.86. The Hall–Kier alpha value is -2.38. The first kappa shape index (κ1) is 18.4. The van der Waals surface area contributed by atoms with E-state index in [9.17, 15) is 8.42 Å². The van der Waals surface area contributed by atoms with Gasteiger partial charge in [0.1, 0.15) is 0 Å². The second kappa shape index (κ2) is 7.88. The molecule has 138 valence electrons. The molecule has 0 bridgehead atoms. The Balaban J connectivity index is 1.78. The predicted molar refractivity (Wildman–Crippen MR) is 103 cm³/mol. The maximum absolute atomic E-state index is 11.5. The highest BCUT2D eigenvalue weighted by Gasteiger charge is 2.18. The monoisotopic (exact) mass is 372 g/mol. The summed E-state index contributed by atoms with van der Waals surface area (Å²) in [6.07, 6.45) is 0.988. The van der Waals surface area contributed by atoms with E-state index in [4.69, 9.17) is 10.1 Å². The van der Waals surface area contributed by atoms with Crippen LogP contribution in [-0.2, 0) is 29.5 Å². The summed E-state index contributed by atoms with van der Waals surface area (Å²) in [4.78, 5) is 7.04. The highest BCUT2D eigenvalue weighted by Crippen LogP contribution is 2.19. The van der Waals surface area contributed by atoms with E-state index < -0.39 is 10.0 Å². The number of hydrogen-bond donors (Lipinski definition) is 2. The molecule has 0 saturated heterocycles. The SMILES string of the molecule is CCNC(=NCc1cccc(S(N)(=O)=O)c1)N1CCc2ccccc2C1. The van der Waals surface area contributed by atoms with Crippen LogP contribution in [0.4, 0.5) is 0 Å². The van der Waals surface area contributed by atoms with E-state index in [0.29, 0.717) is 6.54 Å². The molecule has 0 radical (unpaired) electrons. The zero-order chi connectivity index (χ0) is 18.6. The molecule has 1 aliphatic rings. The van der Waals surface area contributed by atoms with E-state index in [-0.39, 0.29) is 4.90 Å². The van der Waals surface area contributed by atoms with Crippen LogP contribution in [0.2, 0.25) is 0 Å². The third-order valence-corrected chi connectivity index (χ3v) is 5.31. The standard InChI is InChI=1S/C19H24N4O2S/c1-2-21-19(23-11-10-16-7-3-4-8-17(16)14-23)22-13-15-6-5-9-18(12-15)26(20,24)25/h3-9,12H,2,10-11,13-14H2,1H3,(H,21,22)(H2,20,24,25). The zero-order valence-corrected chi connectivity index (χ0v) is 15.7. The third kappa shape index (κ3) is 4.42. The van der Waals surface area contributed by atoms with Crippen LogP contribution in [0, 0.1) is 0 Å². The molecule has 0 aliphatic carbocycles. The minimum absolute atomic E-state index is 0.113. The van der Waals surface area contributed by atoms with Crippen molar-refractivity contribution in [3.63, 3.8) is 0 Å². The number of hydrogen-bond acceptors (Lipinski definition) is 3. The summed E-state index contributed by atoms with van der Waals surface area (Å²) in [5.74, 6) is 0.836. The minimum Gasteiger partial charge on any atom is -0.356 e. The Morgan fingerprint density at radius 3 is 2.69 bits per heavy atom. The minimum atomic E-state index is -3.70. The normalized spacial score (nSPS) is 14.8. The molecule has 7 heteroatoms. The Morgan fingerprint density at radius 2 is 1.96 bits per heavy atom. The number of aliphatic imine (C=N–C) groups is 1. The van der Waals surface area contributed by atoms with E-state index >= 15 is 0 Å². The Labute approximate surface area is 154 Å². The van der Waals surface area contributed by atoms with Crippen molar-refractivity contribution in [2.45, 2.75) is 31.3 Å². The number of sulfonamides is 1. The first-order valence-corrected chi connectivity index (χ1v) is 10.2. The zero-order valence-electron chi connectivity index (χ0n) is 14.9. The van der Waals surface area contributed by atoms with Gasteiger partial charge in [0.15, 0.2) is 5.96 Å². The summed E-state index contributed by atoms with van der Waals surface area (Å²) in [6, 6.07) is 15.1. The summed E-state index contributed by atoms with van der Waals surface area (Å²) in [7, 11) is -3.70. The molecule has 26 heavy (non-hydrogen) atoms. The first-order valence-electron chi connectivity index (χ1n) is 8.69. The van der Waals surface area contributed by atoms with Gasteiger partial charge in [-0.3, -0.25) is 0 Å². The lowest BCUT2D eigenvalue weighted by molar-refractivity contribution is 0.378. The number of rotatable bonds is 4. The van der Waals surface area contributed by atoms with Crippen molar-refractivity contribution < 1.29 is 8.42 Å².